The van der Waals surface area contributed by atoms with E-state index in [1.807, 2.05) is 0 Å². The van der Waals surface area contributed by atoms with Gasteiger partial charge in [0.05, 0.1) is 7.11 Å². The monoisotopic (exact) mass is 353 g/mol. The maximum atomic E-state index is 11.0. The van der Waals surface area contributed by atoms with Crippen LogP contribution in [0.5, 0.6) is 0 Å². The average Bonchev–Trinajstić information content (AvgIpc) is 2.63. The van der Waals surface area contributed by atoms with Crippen LogP contribution in [0.3, 0.4) is 0 Å². The van der Waals surface area contributed by atoms with Crippen LogP contribution >= 0.6 is 0 Å². The maximum absolute atomic E-state index is 11.0. The molecule has 25 heavy (non-hydrogen) atoms. The number of nitrogens with one attached hydrogen (secondary N) is 1. The predicted molar refractivity (Wildman–Crippen MR) is 109 cm³/mol. The van der Waals surface area contributed by atoms with Gasteiger partial charge in [-0.3, -0.25) is 4.79 Å². The lowest BCUT2D eigenvalue weighted by molar-refractivity contribution is -0.140. The first-order valence-corrected chi connectivity index (χ1v) is 10.7. The first-order chi connectivity index (χ1) is 12.3. The molecule has 0 aromatic carbocycles. The van der Waals surface area contributed by atoms with Gasteiger partial charge in [-0.05, 0) is 58.0 Å². The van der Waals surface area contributed by atoms with E-state index in [0.717, 1.165) is 12.8 Å². The molecule has 0 heterocycles. The highest BCUT2D eigenvalue weighted by Crippen LogP contribution is 2.11. The molecule has 0 aliphatic carbocycles. The maximum Gasteiger partial charge on any atom is 0.305 e. The molecule has 0 atom stereocenters. The molecule has 0 rings (SSSR count). The Labute approximate surface area is 157 Å². The third-order valence-corrected chi connectivity index (χ3v) is 4.58. The smallest absolute Gasteiger partial charge is 0.305 e. The summed E-state index contributed by atoms with van der Waals surface area (Å²) in [5, 5.41) is 3.50. The van der Waals surface area contributed by atoms with Gasteiger partial charge >= 0.3 is 5.97 Å². The molecule has 0 saturated carbocycles. The Morgan fingerprint density at radius 3 is 1.88 bits per heavy atom. The van der Waals surface area contributed by atoms with Gasteiger partial charge in [-0.25, -0.2) is 0 Å². The Balaban J connectivity index is 3.09. The molecule has 0 amide bonds. The number of rotatable bonds is 19. The van der Waals surface area contributed by atoms with E-state index in [-0.39, 0.29) is 5.97 Å². The SMILES string of the molecule is CCCCNCCCC/C=C\CCCCCCCCCCC(=O)OC. The number of carbonyl (C=O) groups is 1. The molecule has 0 spiro atoms. The number of unbranched alkanes of at least 4 members (excludes halogenated alkanes) is 11. The summed E-state index contributed by atoms with van der Waals surface area (Å²) in [6.45, 7) is 4.60. The van der Waals surface area contributed by atoms with Gasteiger partial charge in [-0.1, -0.05) is 64.0 Å². The van der Waals surface area contributed by atoms with E-state index in [2.05, 4.69) is 29.1 Å². The van der Waals surface area contributed by atoms with Crippen LogP contribution in [-0.2, 0) is 9.53 Å². The van der Waals surface area contributed by atoms with E-state index in [4.69, 9.17) is 0 Å². The standard InChI is InChI=1S/C22H43NO2/c1-3-4-20-23-21-18-16-14-12-10-8-6-5-7-9-11-13-15-17-19-22(24)25-2/h10,12,23H,3-9,11,13-21H2,1-2H3/b12-10-. The fourth-order valence-electron chi connectivity index (χ4n) is 2.87. The van der Waals surface area contributed by atoms with E-state index in [1.165, 1.54) is 97.2 Å². The van der Waals surface area contributed by atoms with Crippen LogP contribution in [0.25, 0.3) is 0 Å². The number of methoxy groups -OCH3 is 1. The molecule has 3 nitrogen and oxygen atoms in total. The minimum absolute atomic E-state index is 0.0725. The Morgan fingerprint density at radius 2 is 1.28 bits per heavy atom. The van der Waals surface area contributed by atoms with Crippen molar-refractivity contribution in [1.82, 2.24) is 5.32 Å². The van der Waals surface area contributed by atoms with Crippen molar-refractivity contribution in [2.75, 3.05) is 20.2 Å². The van der Waals surface area contributed by atoms with E-state index in [9.17, 15) is 4.79 Å². The highest BCUT2D eigenvalue weighted by atomic mass is 16.5. The summed E-state index contributed by atoms with van der Waals surface area (Å²) in [4.78, 5) is 11.0. The molecular weight excluding hydrogens is 310 g/mol. The van der Waals surface area contributed by atoms with Crippen LogP contribution in [-0.4, -0.2) is 26.2 Å². The molecule has 0 unspecified atom stereocenters. The van der Waals surface area contributed by atoms with Crippen molar-refractivity contribution < 1.29 is 9.53 Å². The largest absolute Gasteiger partial charge is 0.469 e. The third kappa shape index (κ3) is 21.1. The first kappa shape index (κ1) is 24.2. The Kier molecular flexibility index (Phi) is 20.5. The van der Waals surface area contributed by atoms with Crippen molar-refractivity contribution >= 4 is 5.97 Å². The second-order valence-electron chi connectivity index (χ2n) is 7.01. The van der Waals surface area contributed by atoms with Gasteiger partial charge in [0.1, 0.15) is 0 Å². The molecule has 0 aliphatic heterocycles. The van der Waals surface area contributed by atoms with Gasteiger partial charge in [0, 0.05) is 6.42 Å². The molecule has 1 N–H and O–H groups in total. The lowest BCUT2D eigenvalue weighted by Gasteiger charge is -2.02. The van der Waals surface area contributed by atoms with Crippen LogP contribution < -0.4 is 5.32 Å². The summed E-state index contributed by atoms with van der Waals surface area (Å²) in [5.41, 5.74) is 0. The summed E-state index contributed by atoms with van der Waals surface area (Å²) in [6, 6.07) is 0. The fraction of sp³-hybridized carbons (Fsp3) is 0.864. The van der Waals surface area contributed by atoms with Crippen molar-refractivity contribution in [3.63, 3.8) is 0 Å². The molecule has 0 radical (unpaired) electrons. The third-order valence-electron chi connectivity index (χ3n) is 4.58. The summed E-state index contributed by atoms with van der Waals surface area (Å²) in [6.07, 6.45) is 23.1. The van der Waals surface area contributed by atoms with Gasteiger partial charge in [-0.2, -0.15) is 0 Å². The second kappa shape index (κ2) is 21.2. The van der Waals surface area contributed by atoms with Crippen molar-refractivity contribution in [2.45, 2.75) is 103 Å². The lowest BCUT2D eigenvalue weighted by Crippen LogP contribution is -2.16. The van der Waals surface area contributed by atoms with E-state index in [0.29, 0.717) is 6.42 Å². The van der Waals surface area contributed by atoms with Gasteiger partial charge in [-0.15, -0.1) is 0 Å². The van der Waals surface area contributed by atoms with Gasteiger partial charge < -0.3 is 10.1 Å². The van der Waals surface area contributed by atoms with Crippen molar-refractivity contribution in [3.05, 3.63) is 12.2 Å². The first-order valence-electron chi connectivity index (χ1n) is 10.7. The second-order valence-corrected chi connectivity index (χ2v) is 7.01. The molecule has 0 fully saturated rings. The van der Waals surface area contributed by atoms with E-state index >= 15 is 0 Å². The molecular formula is C22H43NO2. The normalized spacial score (nSPS) is 11.3. The van der Waals surface area contributed by atoms with Crippen LogP contribution in [0.4, 0.5) is 0 Å². The number of esters is 1. The predicted octanol–water partition coefficient (Wildman–Crippen LogP) is 6.18. The molecule has 0 aliphatic rings. The average molecular weight is 354 g/mol. The number of ether oxygens (including phenoxy) is 1. The Bertz CT molecular complexity index is 302. The number of hydrogen-bond donors (Lipinski definition) is 1. The van der Waals surface area contributed by atoms with Crippen LogP contribution in [0.2, 0.25) is 0 Å². The molecule has 0 aromatic heterocycles. The Morgan fingerprint density at radius 1 is 0.760 bits per heavy atom. The summed E-state index contributed by atoms with van der Waals surface area (Å²) >= 11 is 0. The minimum Gasteiger partial charge on any atom is -0.469 e. The Hall–Kier alpha value is -0.830. The van der Waals surface area contributed by atoms with Gasteiger partial charge in [0.15, 0.2) is 0 Å². The summed E-state index contributed by atoms with van der Waals surface area (Å²) < 4.78 is 4.64. The lowest BCUT2D eigenvalue weighted by atomic mass is 10.1. The molecule has 0 saturated heterocycles. The highest BCUT2D eigenvalue weighted by Gasteiger charge is 1.98. The fourth-order valence-corrected chi connectivity index (χ4v) is 2.87. The highest BCUT2D eigenvalue weighted by molar-refractivity contribution is 5.68. The quantitative estimate of drug-likeness (QED) is 0.171. The van der Waals surface area contributed by atoms with Gasteiger partial charge in [0.25, 0.3) is 0 Å². The summed E-state index contributed by atoms with van der Waals surface area (Å²) in [5.74, 6) is -0.0725. The molecule has 0 bridgehead atoms. The minimum atomic E-state index is -0.0725. The zero-order valence-corrected chi connectivity index (χ0v) is 17.0. The van der Waals surface area contributed by atoms with Crippen molar-refractivity contribution in [3.8, 4) is 0 Å². The number of allylic oxidation sites excluding steroid dienone is 2. The zero-order valence-electron chi connectivity index (χ0n) is 17.0. The molecule has 0 aromatic rings. The van der Waals surface area contributed by atoms with Crippen molar-refractivity contribution in [1.29, 1.82) is 0 Å². The molecule has 148 valence electrons. The van der Waals surface area contributed by atoms with Crippen LogP contribution in [0.15, 0.2) is 12.2 Å². The van der Waals surface area contributed by atoms with Crippen LogP contribution in [0, 0.1) is 0 Å². The van der Waals surface area contributed by atoms with E-state index < -0.39 is 0 Å². The van der Waals surface area contributed by atoms with Gasteiger partial charge in [0.2, 0.25) is 0 Å². The summed E-state index contributed by atoms with van der Waals surface area (Å²) in [7, 11) is 1.46. The van der Waals surface area contributed by atoms with E-state index in [1.54, 1.807) is 0 Å². The topological polar surface area (TPSA) is 38.3 Å². The number of carbonyl (C=O) groups excluding carboxylic acids is 1. The number of hydrogen-bond acceptors (Lipinski definition) is 3. The zero-order chi connectivity index (χ0) is 18.4. The van der Waals surface area contributed by atoms with Crippen LogP contribution in [0.1, 0.15) is 103 Å². The van der Waals surface area contributed by atoms with Crippen molar-refractivity contribution in [2.24, 2.45) is 0 Å². The molecule has 3 heteroatoms.